The number of aromatic nitrogens is 8. The number of ketones is 4. The van der Waals surface area contributed by atoms with Gasteiger partial charge >= 0.3 is 0 Å². The van der Waals surface area contributed by atoms with Gasteiger partial charge in [-0.15, -0.1) is 124 Å². The van der Waals surface area contributed by atoms with E-state index in [4.69, 9.17) is 60.3 Å². The van der Waals surface area contributed by atoms with Crippen molar-refractivity contribution in [1.82, 2.24) is 39.9 Å². The third-order valence-electron chi connectivity index (χ3n) is 21.2. The van der Waals surface area contributed by atoms with Crippen molar-refractivity contribution in [3.8, 4) is 45.0 Å². The van der Waals surface area contributed by atoms with E-state index in [0.717, 1.165) is 128 Å². The predicted molar refractivity (Wildman–Crippen MR) is 540 cm³/mol. The quantitative estimate of drug-likeness (QED) is 0.0477. The van der Waals surface area contributed by atoms with Crippen LogP contribution >= 0.6 is 0 Å². The monoisotopic (exact) mass is 2500 g/mol. The minimum absolute atomic E-state index is 0. The number of allylic oxidation sites excluding steroid dienone is 8. The Kier molecular flexibility index (Phi) is 36.8. The maximum absolute atomic E-state index is 10.0. The van der Waals surface area contributed by atoms with Gasteiger partial charge in [-0.25, -0.2) is 0 Å². The predicted octanol–water partition coefficient (Wildman–Crippen LogP) is 28.1. The van der Waals surface area contributed by atoms with Crippen molar-refractivity contribution >= 4 is 164 Å². The van der Waals surface area contributed by atoms with E-state index in [1.165, 1.54) is 160 Å². The molecule has 0 spiro atoms. The van der Waals surface area contributed by atoms with Crippen LogP contribution in [0.3, 0.4) is 0 Å². The Morgan fingerprint density at radius 2 is 0.485 bits per heavy atom. The summed E-state index contributed by atoms with van der Waals surface area (Å²) in [6.45, 7) is 19.5. The number of aliphatic hydroxyl groups is 4. The molecule has 20 heteroatoms. The first kappa shape index (κ1) is 104. The first-order valence-electron chi connectivity index (χ1n) is 42.9. The summed E-state index contributed by atoms with van der Waals surface area (Å²) in [5.41, 5.74) is 18.7. The van der Waals surface area contributed by atoms with Crippen molar-refractivity contribution in [2.45, 2.75) is 83.1 Å². The molecule has 136 heavy (non-hydrogen) atoms. The topological polar surface area (TPSA) is 252 Å². The number of aliphatic hydroxyl groups excluding tert-OH is 4. The molecule has 0 aliphatic rings. The number of benzene rings is 17. The van der Waals surface area contributed by atoms with Crippen molar-refractivity contribution in [1.29, 1.82) is 0 Å². The molecule has 16 nitrogen and oxygen atoms in total. The van der Waals surface area contributed by atoms with E-state index in [0.29, 0.717) is 0 Å². The zero-order valence-electron chi connectivity index (χ0n) is 76.5. The van der Waals surface area contributed by atoms with Crippen LogP contribution in [0.25, 0.3) is 186 Å². The standard InChI is InChI=1S/C27H17N2.3C23H15N2.4C5H8O2.4Ir/c1-17-27(24-12-6-10-18-7-4-5-11-23(18)24)29-26-16-22-14-20-9-3-2-8-19(20)13-21(22)15-25(26)28-17;1-15-23(20-12-6-10-16-7-4-5-11-19(16)20)25-22-14-18-9-3-2-8-17(18)13-21(22)24-15;1-15-23(20-11-10-16-6-2-3-7-17(16)12-20)25-22-14-19-9-5-4-8-18(19)13-21(22)24-15;1-15-23(16-7-3-2-4-8-16)25-22-14-20-12-18-10-6-5-9-17(18)11-19(20)13-21(22)24-15;4*1-4(6)3-5(2)7;;;;/h2-11,13-16H,1H3;2*2-11,13-14H,1H3;2-7,9-14H,1H3;4*3,6H,1-2H3;;;;/q4*-1;;;;;;;;. The van der Waals surface area contributed by atoms with Gasteiger partial charge in [0.25, 0.3) is 0 Å². The SMILES string of the molecule is CC(=O)C=C(C)O.CC(=O)C=C(C)O.CC(=O)C=C(C)O.CC(=O)C=C(C)O.Cc1nc2cc3cc4ccccc4cc3cc2nc1-c1[c-]ccc2ccccc12.Cc1nc2cc3cc4ccccc4cc3cc2nc1-c1[c-]cccc1.Cc1nc2cc3ccccc3cc2nc1-c1[c-]c2ccccc2cc1.Cc1nc2cc3ccccc3cc2nc1-c1[c-]ccc2ccccc12.[Ir].[Ir].[Ir].[Ir]. The first-order chi connectivity index (χ1) is 63.6. The van der Waals surface area contributed by atoms with Crippen LogP contribution in [0.4, 0.5) is 0 Å². The van der Waals surface area contributed by atoms with E-state index >= 15 is 0 Å². The van der Waals surface area contributed by atoms with Crippen LogP contribution in [0.15, 0.2) is 351 Å². The van der Waals surface area contributed by atoms with Crippen molar-refractivity contribution in [3.05, 3.63) is 398 Å². The van der Waals surface area contributed by atoms with E-state index in [1.54, 1.807) is 0 Å². The number of aryl methyl sites for hydroxylation is 4. The zero-order valence-corrected chi connectivity index (χ0v) is 86.1. The number of nitrogens with zero attached hydrogens (tertiary/aromatic N) is 8. The van der Waals surface area contributed by atoms with Gasteiger partial charge in [-0.3, -0.25) is 59.0 Å². The fraction of sp³-hybridized carbons (Fsp3) is 0.103. The van der Waals surface area contributed by atoms with E-state index < -0.39 is 0 Å². The minimum Gasteiger partial charge on any atom is -0.512 e. The number of carbonyl (C=O) groups excluding carboxylic acids is 4. The Morgan fingerprint density at radius 1 is 0.235 bits per heavy atom. The number of fused-ring (bicyclic) bond motifs is 13. The average molecular weight is 2500 g/mol. The number of rotatable bonds is 8. The molecule has 0 aliphatic carbocycles. The average Bonchev–Trinajstić information content (AvgIpc) is 0.761. The number of carbonyl (C=O) groups is 4. The molecule has 0 saturated heterocycles. The molecule has 0 saturated carbocycles. The Labute approximate surface area is 842 Å². The Balaban J connectivity index is 0.000000170. The normalized spacial score (nSPS) is 11.1. The molecule has 0 amide bonds. The van der Waals surface area contributed by atoms with Gasteiger partial charge in [0.1, 0.15) is 0 Å². The van der Waals surface area contributed by atoms with Gasteiger partial charge in [0.05, 0.1) is 67.2 Å². The van der Waals surface area contributed by atoms with Crippen LogP contribution in [0.5, 0.6) is 0 Å². The van der Waals surface area contributed by atoms with E-state index in [2.05, 4.69) is 261 Å². The summed E-state index contributed by atoms with van der Waals surface area (Å²) in [4.78, 5) is 79.2. The van der Waals surface area contributed by atoms with Crippen LogP contribution in [-0.2, 0) is 99.6 Å². The summed E-state index contributed by atoms with van der Waals surface area (Å²) in [5.74, 6) is -0.250. The smallest absolute Gasteiger partial charge is 0.155 e. The van der Waals surface area contributed by atoms with E-state index in [1.807, 2.05) is 94.4 Å². The number of hydrogen-bond acceptors (Lipinski definition) is 16. The Hall–Kier alpha value is -14.1. The molecule has 0 bridgehead atoms. The maximum Gasteiger partial charge on any atom is 0.155 e. The van der Waals surface area contributed by atoms with Crippen LogP contribution in [0.1, 0.15) is 78.2 Å². The van der Waals surface area contributed by atoms with Gasteiger partial charge in [0, 0.05) is 150 Å². The molecule has 0 atom stereocenters. The molecule has 21 rings (SSSR count). The molecule has 21 aromatic rings. The molecule has 0 unspecified atom stereocenters. The van der Waals surface area contributed by atoms with Crippen molar-refractivity contribution in [2.24, 2.45) is 0 Å². The van der Waals surface area contributed by atoms with Gasteiger partial charge in [-0.05, 0) is 221 Å². The summed E-state index contributed by atoms with van der Waals surface area (Å²) >= 11 is 0. The van der Waals surface area contributed by atoms with E-state index in [-0.39, 0.29) is 127 Å². The van der Waals surface area contributed by atoms with Gasteiger partial charge in [0.2, 0.25) is 0 Å². The summed E-state index contributed by atoms with van der Waals surface area (Å²) in [6, 6.07) is 118. The Bertz CT molecular complexity index is 8030. The molecule has 0 aliphatic heterocycles. The molecule has 4 aromatic heterocycles. The maximum atomic E-state index is 10.0. The molecule has 686 valence electrons. The molecule has 0 fully saturated rings. The van der Waals surface area contributed by atoms with Crippen LogP contribution in [-0.4, -0.2) is 83.4 Å². The minimum atomic E-state index is -0.125. The fourth-order valence-electron chi connectivity index (χ4n) is 15.5. The van der Waals surface area contributed by atoms with E-state index in [9.17, 15) is 19.2 Å². The van der Waals surface area contributed by atoms with Gasteiger partial charge < -0.3 is 20.4 Å². The van der Waals surface area contributed by atoms with Crippen molar-refractivity contribution < 1.29 is 120 Å². The molecular weight excluding hydrogens is 2400 g/mol. The van der Waals surface area contributed by atoms with Gasteiger partial charge in [-0.2, -0.15) is 0 Å². The zero-order chi connectivity index (χ0) is 93.2. The second kappa shape index (κ2) is 48.2. The molecule has 17 aromatic carbocycles. The van der Waals surface area contributed by atoms with Gasteiger partial charge in [0.15, 0.2) is 23.1 Å². The van der Waals surface area contributed by atoms with Crippen molar-refractivity contribution in [2.75, 3.05) is 0 Å². The third-order valence-corrected chi connectivity index (χ3v) is 21.2. The molecule has 4 heterocycles. The molecule has 4 radical (unpaired) electrons. The summed E-state index contributed by atoms with van der Waals surface area (Å²) < 4.78 is 0. The summed E-state index contributed by atoms with van der Waals surface area (Å²) in [7, 11) is 0. The van der Waals surface area contributed by atoms with Crippen LogP contribution in [0, 0.1) is 52.0 Å². The largest absolute Gasteiger partial charge is 0.512 e. The second-order valence-electron chi connectivity index (χ2n) is 32.0. The number of hydrogen-bond donors (Lipinski definition) is 4. The second-order valence-corrected chi connectivity index (χ2v) is 32.0. The summed E-state index contributed by atoms with van der Waals surface area (Å²) in [6.07, 6.45) is 4.67. The van der Waals surface area contributed by atoms with Crippen molar-refractivity contribution in [3.63, 3.8) is 0 Å². The van der Waals surface area contributed by atoms with Gasteiger partial charge in [-0.1, -0.05) is 186 Å². The Morgan fingerprint density at radius 3 is 0.779 bits per heavy atom. The fourth-order valence-corrected chi connectivity index (χ4v) is 15.5. The van der Waals surface area contributed by atoms with Crippen LogP contribution in [0.2, 0.25) is 0 Å². The molecular formula is C116H94Ir4N8O8-4. The van der Waals surface area contributed by atoms with Crippen LogP contribution < -0.4 is 0 Å². The first-order valence-corrected chi connectivity index (χ1v) is 42.9. The molecule has 4 N–H and O–H groups in total. The summed E-state index contributed by atoms with van der Waals surface area (Å²) in [5, 5.41) is 54.9. The third kappa shape index (κ3) is 26.7.